The molecule has 0 bridgehead atoms. The van der Waals surface area contributed by atoms with Crippen LogP contribution in [0.15, 0.2) is 27.6 Å². The molecule has 2 amide bonds. The van der Waals surface area contributed by atoms with Crippen LogP contribution in [0.3, 0.4) is 0 Å². The first-order valence-corrected chi connectivity index (χ1v) is 12.1. The van der Waals surface area contributed by atoms with E-state index < -0.39 is 56.9 Å². The maximum absolute atomic E-state index is 13.6. The van der Waals surface area contributed by atoms with Crippen LogP contribution in [0, 0.1) is 23.4 Å². The van der Waals surface area contributed by atoms with E-state index in [0.717, 1.165) is 6.20 Å². The number of aromatic nitrogens is 3. The highest BCUT2D eigenvalue weighted by molar-refractivity contribution is 7.89. The molecular formula is C20H18F3N7O6S. The number of amides is 2. The fourth-order valence-electron chi connectivity index (χ4n) is 4.24. The first-order chi connectivity index (χ1) is 17.4. The molecule has 196 valence electrons. The molecule has 4 N–H and O–H groups in total. The van der Waals surface area contributed by atoms with Crippen LogP contribution in [-0.4, -0.2) is 65.6 Å². The van der Waals surface area contributed by atoms with Gasteiger partial charge in [0.2, 0.25) is 10.0 Å². The average Bonchev–Trinajstić information content (AvgIpc) is 3.51. The third-order valence-electron chi connectivity index (χ3n) is 5.95. The molecule has 0 radical (unpaired) electrons. The number of nitrogen functional groups attached to an aromatic ring is 1. The largest absolute Gasteiger partial charge is 0.489 e. The second kappa shape index (κ2) is 8.77. The van der Waals surface area contributed by atoms with E-state index >= 15 is 0 Å². The number of halogens is 3. The Kier molecular flexibility index (Phi) is 5.82. The molecule has 2 atom stereocenters. The molecule has 37 heavy (non-hydrogen) atoms. The number of fused-ring (bicyclic) bond motifs is 2. The number of sulfonamides is 1. The Labute approximate surface area is 206 Å². The number of anilines is 2. The van der Waals surface area contributed by atoms with Gasteiger partial charge in [-0.15, -0.1) is 5.10 Å². The van der Waals surface area contributed by atoms with Crippen LogP contribution in [-0.2, 0) is 17.1 Å². The highest BCUT2D eigenvalue weighted by Crippen LogP contribution is 2.35. The summed E-state index contributed by atoms with van der Waals surface area (Å²) in [5, 5.41) is 9.18. The Balaban J connectivity index is 1.41. The van der Waals surface area contributed by atoms with Crippen molar-refractivity contribution >= 4 is 33.5 Å². The minimum absolute atomic E-state index is 0.0222. The van der Waals surface area contributed by atoms with E-state index in [9.17, 15) is 31.2 Å². The number of nitrogens with one attached hydrogen (secondary N) is 2. The first kappa shape index (κ1) is 24.6. The van der Waals surface area contributed by atoms with Crippen molar-refractivity contribution in [2.45, 2.75) is 10.9 Å². The molecule has 13 nitrogen and oxygen atoms in total. The van der Waals surface area contributed by atoms with Crippen LogP contribution in [0.2, 0.25) is 0 Å². The molecule has 1 saturated heterocycles. The molecule has 0 saturated carbocycles. The Morgan fingerprint density at radius 2 is 1.89 bits per heavy atom. The van der Waals surface area contributed by atoms with Gasteiger partial charge in [0.25, 0.3) is 5.91 Å². The number of aryl methyl sites for hydroxylation is 1. The molecule has 0 unspecified atom stereocenters. The summed E-state index contributed by atoms with van der Waals surface area (Å²) in [6.07, 6.45) is 1.14. The van der Waals surface area contributed by atoms with Gasteiger partial charge in [0.05, 0.1) is 6.61 Å². The van der Waals surface area contributed by atoms with Crippen molar-refractivity contribution < 1.29 is 40.3 Å². The van der Waals surface area contributed by atoms with Crippen LogP contribution in [0.5, 0.6) is 5.75 Å². The van der Waals surface area contributed by atoms with Crippen LogP contribution >= 0.6 is 0 Å². The summed E-state index contributed by atoms with van der Waals surface area (Å²) in [7, 11) is -2.87. The smallest absolute Gasteiger partial charge is 0.313 e. The van der Waals surface area contributed by atoms with Crippen LogP contribution in [0.25, 0.3) is 0 Å². The number of carbonyl (C=O) groups excluding carboxylic acids is 2. The fraction of sp³-hybridized carbons (Fsp3) is 0.300. The number of likely N-dealkylation sites (tertiary alicyclic amines) is 1. The number of rotatable bonds is 3. The van der Waals surface area contributed by atoms with Crippen molar-refractivity contribution in [3.8, 4) is 5.75 Å². The fourth-order valence-corrected chi connectivity index (χ4v) is 5.73. The van der Waals surface area contributed by atoms with Gasteiger partial charge in [-0.2, -0.15) is 0 Å². The minimum atomic E-state index is -4.25. The highest BCUT2D eigenvalue weighted by atomic mass is 32.2. The van der Waals surface area contributed by atoms with Crippen molar-refractivity contribution in [1.82, 2.24) is 24.4 Å². The quantitative estimate of drug-likeness (QED) is 0.398. The topological polar surface area (TPSA) is 175 Å². The van der Waals surface area contributed by atoms with Gasteiger partial charge in [0, 0.05) is 56.1 Å². The molecule has 2 aromatic heterocycles. The molecule has 1 fully saturated rings. The number of benzene rings is 1. The van der Waals surface area contributed by atoms with Gasteiger partial charge < -0.3 is 29.7 Å². The second-order valence-electron chi connectivity index (χ2n) is 8.44. The predicted octanol–water partition coefficient (Wildman–Crippen LogP) is 0.471. The van der Waals surface area contributed by atoms with Crippen molar-refractivity contribution in [1.29, 1.82) is 0 Å². The molecule has 2 aliphatic heterocycles. The van der Waals surface area contributed by atoms with Crippen molar-refractivity contribution in [2.75, 3.05) is 30.7 Å². The summed E-state index contributed by atoms with van der Waals surface area (Å²) in [6.45, 7) is -0.0578. The van der Waals surface area contributed by atoms with Gasteiger partial charge >= 0.3 is 17.8 Å². The van der Waals surface area contributed by atoms with Crippen LogP contribution < -0.4 is 20.5 Å². The summed E-state index contributed by atoms with van der Waals surface area (Å²) < 4.78 is 81.2. The molecule has 4 heterocycles. The zero-order valence-electron chi connectivity index (χ0n) is 18.9. The maximum atomic E-state index is 13.6. The lowest BCUT2D eigenvalue weighted by molar-refractivity contribution is 0.0743. The molecule has 5 rings (SSSR count). The maximum Gasteiger partial charge on any atom is 0.313 e. The lowest BCUT2D eigenvalue weighted by Gasteiger charge is -2.23. The lowest BCUT2D eigenvalue weighted by Crippen LogP contribution is -2.43. The third kappa shape index (κ3) is 4.35. The van der Waals surface area contributed by atoms with Gasteiger partial charge in [0.15, 0.2) is 28.9 Å². The molecule has 0 spiro atoms. The van der Waals surface area contributed by atoms with Crippen LogP contribution in [0.4, 0.5) is 24.9 Å². The number of nitrogens with zero attached hydrogens (tertiary/aromatic N) is 4. The third-order valence-corrected chi connectivity index (χ3v) is 7.43. The number of carbonyl (C=O) groups is 2. The summed E-state index contributed by atoms with van der Waals surface area (Å²) in [6, 6.07) is 0.122. The highest BCUT2D eigenvalue weighted by Gasteiger charge is 2.43. The Morgan fingerprint density at radius 1 is 1.19 bits per heavy atom. The number of hydrogen-bond donors (Lipinski definition) is 3. The summed E-state index contributed by atoms with van der Waals surface area (Å²) >= 11 is 0. The number of nitrogens with two attached hydrogens (primary N) is 1. The number of ether oxygens (including phenoxy) is 1. The molecular weight excluding hydrogens is 523 g/mol. The Morgan fingerprint density at radius 3 is 2.54 bits per heavy atom. The lowest BCUT2D eigenvalue weighted by atomic mass is 10.1. The average molecular weight is 541 g/mol. The van der Waals surface area contributed by atoms with Crippen molar-refractivity contribution in [3.05, 3.63) is 47.4 Å². The van der Waals surface area contributed by atoms with Gasteiger partial charge in [-0.05, 0) is 0 Å². The minimum Gasteiger partial charge on any atom is -0.489 e. The van der Waals surface area contributed by atoms with Gasteiger partial charge in [-0.25, -0.2) is 26.3 Å². The molecule has 1 aromatic carbocycles. The van der Waals surface area contributed by atoms with Gasteiger partial charge in [0.1, 0.15) is 4.90 Å². The van der Waals surface area contributed by atoms with E-state index in [0.29, 0.717) is 12.1 Å². The van der Waals surface area contributed by atoms with E-state index in [4.69, 9.17) is 14.9 Å². The molecule has 2 aliphatic rings. The molecule has 3 aromatic rings. The predicted molar refractivity (Wildman–Crippen MR) is 117 cm³/mol. The zero-order chi connectivity index (χ0) is 26.6. The second-order valence-corrected chi connectivity index (χ2v) is 10.1. The standard InChI is InChI=1S/C20H18F3N7O6S/c1-29-6-13-16(15(29)17(31)25-9-2-10(21)14(23)11(22)3-9)35-7-8-4-30(5-12(8)28-37(13,33)34)19(32)18-26-27-20(24)36-18/h2-3,6,8,12,28H,4-5,7H2,1H3,(H2,24,27)(H,25,31)/t8-,12-/m0/s1. The zero-order valence-corrected chi connectivity index (χ0v) is 19.7. The van der Waals surface area contributed by atoms with E-state index in [1.54, 1.807) is 0 Å². The Bertz CT molecular complexity index is 1520. The van der Waals surface area contributed by atoms with Gasteiger partial charge in [-0.3, -0.25) is 9.59 Å². The van der Waals surface area contributed by atoms with E-state index in [2.05, 4.69) is 20.2 Å². The van der Waals surface area contributed by atoms with E-state index in [1.807, 2.05) is 0 Å². The van der Waals surface area contributed by atoms with Crippen molar-refractivity contribution in [2.24, 2.45) is 13.0 Å². The summed E-state index contributed by atoms with van der Waals surface area (Å²) in [5.74, 6) is -7.53. The molecule has 0 aliphatic carbocycles. The summed E-state index contributed by atoms with van der Waals surface area (Å²) in [5.41, 5.74) is 4.69. The van der Waals surface area contributed by atoms with E-state index in [-0.39, 0.29) is 47.9 Å². The van der Waals surface area contributed by atoms with E-state index in [1.165, 1.54) is 16.5 Å². The van der Waals surface area contributed by atoms with Gasteiger partial charge in [-0.1, -0.05) is 5.10 Å². The SMILES string of the molecule is Cn1cc2c(c1C(=O)Nc1cc(F)c(F)c(F)c1)OC[C@@H]1CN(C(=O)c3nnc(N)o3)C[C@@H]1NS2(=O)=O. The Hall–Kier alpha value is -4.12. The van der Waals surface area contributed by atoms with Crippen molar-refractivity contribution in [3.63, 3.8) is 0 Å². The van der Waals surface area contributed by atoms with Crippen LogP contribution in [0.1, 0.15) is 21.2 Å². The normalized spacial score (nSPS) is 20.4. The number of hydrogen-bond acceptors (Lipinski definition) is 9. The molecule has 17 heteroatoms. The first-order valence-electron chi connectivity index (χ1n) is 10.6. The summed E-state index contributed by atoms with van der Waals surface area (Å²) in [4.78, 5) is 26.6. The monoisotopic (exact) mass is 541 g/mol.